The van der Waals surface area contributed by atoms with Crippen LogP contribution >= 0.6 is 15.9 Å². The molecule has 1 aromatic heterocycles. The van der Waals surface area contributed by atoms with Gasteiger partial charge < -0.3 is 10.5 Å². The summed E-state index contributed by atoms with van der Waals surface area (Å²) in [5.41, 5.74) is 8.07. The van der Waals surface area contributed by atoms with Crippen LogP contribution in [0.3, 0.4) is 0 Å². The molecule has 1 heterocycles. The minimum absolute atomic E-state index is 0.112. The van der Waals surface area contributed by atoms with Crippen LogP contribution in [0.2, 0.25) is 0 Å². The van der Waals surface area contributed by atoms with Crippen molar-refractivity contribution in [3.05, 3.63) is 58.3 Å². The van der Waals surface area contributed by atoms with Crippen molar-refractivity contribution in [2.24, 2.45) is 5.73 Å². The van der Waals surface area contributed by atoms with Crippen molar-refractivity contribution in [1.29, 1.82) is 0 Å². The van der Waals surface area contributed by atoms with Crippen LogP contribution in [0, 0.1) is 0 Å². The maximum absolute atomic E-state index is 6.32. The molecule has 0 fully saturated rings. The summed E-state index contributed by atoms with van der Waals surface area (Å²) in [6, 6.07) is 11.3. The first-order valence-corrected chi connectivity index (χ1v) is 7.00. The van der Waals surface area contributed by atoms with Crippen molar-refractivity contribution in [2.45, 2.75) is 26.0 Å². The normalized spacial score (nSPS) is 12.5. The fourth-order valence-electron chi connectivity index (χ4n) is 1.87. The highest BCUT2D eigenvalue weighted by molar-refractivity contribution is 9.10. The van der Waals surface area contributed by atoms with Gasteiger partial charge >= 0.3 is 0 Å². The number of nitrogens with two attached hydrogens (primary N) is 1. The third kappa shape index (κ3) is 3.33. The number of hydrogen-bond acceptors (Lipinski definition) is 3. The molecule has 2 aromatic rings. The minimum Gasteiger partial charge on any atom is -0.491 e. The van der Waals surface area contributed by atoms with E-state index in [1.807, 2.05) is 50.2 Å². The van der Waals surface area contributed by atoms with Crippen LogP contribution in [-0.2, 0) is 0 Å². The molecule has 3 nitrogen and oxygen atoms in total. The zero-order valence-corrected chi connectivity index (χ0v) is 12.6. The fourth-order valence-corrected chi connectivity index (χ4v) is 2.37. The van der Waals surface area contributed by atoms with Gasteiger partial charge in [0.1, 0.15) is 5.75 Å². The number of nitrogens with zero attached hydrogens (tertiary/aromatic N) is 1. The van der Waals surface area contributed by atoms with Gasteiger partial charge in [0.2, 0.25) is 0 Å². The molecule has 0 saturated carbocycles. The predicted molar refractivity (Wildman–Crippen MR) is 80.2 cm³/mol. The first-order valence-electron chi connectivity index (χ1n) is 6.21. The predicted octanol–water partition coefficient (Wildman–Crippen LogP) is 3.68. The molecule has 1 aromatic carbocycles. The number of halogens is 1. The van der Waals surface area contributed by atoms with Gasteiger partial charge in [0.15, 0.2) is 0 Å². The van der Waals surface area contributed by atoms with E-state index in [9.17, 15) is 0 Å². The maximum Gasteiger partial charge on any atom is 0.124 e. The molecular formula is C15H17BrN2O. The van der Waals surface area contributed by atoms with Crippen LogP contribution < -0.4 is 10.5 Å². The molecule has 100 valence electrons. The Morgan fingerprint density at radius 1 is 1.16 bits per heavy atom. The van der Waals surface area contributed by atoms with Gasteiger partial charge in [-0.1, -0.05) is 18.2 Å². The second-order valence-corrected chi connectivity index (χ2v) is 5.41. The van der Waals surface area contributed by atoms with Crippen molar-refractivity contribution < 1.29 is 4.74 Å². The zero-order chi connectivity index (χ0) is 13.8. The Bertz CT molecular complexity index is 557. The Labute approximate surface area is 121 Å². The molecule has 0 aliphatic heterocycles. The maximum atomic E-state index is 6.32. The van der Waals surface area contributed by atoms with E-state index in [0.29, 0.717) is 0 Å². The van der Waals surface area contributed by atoms with E-state index in [2.05, 4.69) is 20.9 Å². The third-order valence-electron chi connectivity index (χ3n) is 2.70. The molecule has 0 bridgehead atoms. The average Bonchev–Trinajstić information content (AvgIpc) is 2.38. The van der Waals surface area contributed by atoms with Crippen molar-refractivity contribution >= 4 is 15.9 Å². The average molecular weight is 321 g/mol. The second kappa shape index (κ2) is 6.17. The van der Waals surface area contributed by atoms with Crippen molar-refractivity contribution in [3.8, 4) is 5.75 Å². The lowest BCUT2D eigenvalue weighted by Crippen LogP contribution is -2.17. The summed E-state index contributed by atoms with van der Waals surface area (Å²) in [4.78, 5) is 4.35. The molecule has 0 amide bonds. The number of aromatic nitrogens is 1. The van der Waals surface area contributed by atoms with E-state index in [4.69, 9.17) is 10.5 Å². The van der Waals surface area contributed by atoms with Crippen LogP contribution in [0.5, 0.6) is 5.75 Å². The quantitative estimate of drug-likeness (QED) is 0.934. The fraction of sp³-hybridized carbons (Fsp3) is 0.267. The highest BCUT2D eigenvalue weighted by Gasteiger charge is 2.17. The van der Waals surface area contributed by atoms with Gasteiger partial charge in [-0.25, -0.2) is 0 Å². The van der Waals surface area contributed by atoms with Crippen LogP contribution in [0.25, 0.3) is 0 Å². The van der Waals surface area contributed by atoms with E-state index in [1.165, 1.54) is 0 Å². The van der Waals surface area contributed by atoms with Crippen LogP contribution in [0.15, 0.2) is 47.1 Å². The summed E-state index contributed by atoms with van der Waals surface area (Å²) in [5, 5.41) is 0. The van der Waals surface area contributed by atoms with Gasteiger partial charge in [-0.05, 0) is 48.0 Å². The number of rotatable bonds is 4. The second-order valence-electron chi connectivity index (χ2n) is 4.55. The van der Waals surface area contributed by atoms with E-state index in [1.54, 1.807) is 6.20 Å². The highest BCUT2D eigenvalue weighted by atomic mass is 79.9. The molecule has 19 heavy (non-hydrogen) atoms. The molecule has 0 aliphatic carbocycles. The lowest BCUT2D eigenvalue weighted by molar-refractivity contribution is 0.239. The number of hydrogen-bond donors (Lipinski definition) is 1. The molecule has 2 N–H and O–H groups in total. The topological polar surface area (TPSA) is 48.1 Å². The van der Waals surface area contributed by atoms with Crippen molar-refractivity contribution in [2.75, 3.05) is 0 Å². The van der Waals surface area contributed by atoms with Crippen molar-refractivity contribution in [3.63, 3.8) is 0 Å². The van der Waals surface area contributed by atoms with Gasteiger partial charge in [-0.15, -0.1) is 0 Å². The molecule has 0 spiro atoms. The largest absolute Gasteiger partial charge is 0.491 e. The standard InChI is InChI=1S/C15H17BrN2O/c1-10(2)19-13-8-4-3-6-11(13)14(17)15-12(16)7-5-9-18-15/h3-10,14H,17H2,1-2H3. The van der Waals surface area contributed by atoms with Gasteiger partial charge in [0.05, 0.1) is 17.8 Å². The number of pyridine rings is 1. The van der Waals surface area contributed by atoms with E-state index in [0.717, 1.165) is 21.5 Å². The Kier molecular flexibility index (Phi) is 4.56. The molecule has 0 aliphatic rings. The first kappa shape index (κ1) is 14.0. The minimum atomic E-state index is -0.314. The van der Waals surface area contributed by atoms with E-state index >= 15 is 0 Å². The van der Waals surface area contributed by atoms with Gasteiger partial charge in [0.25, 0.3) is 0 Å². The smallest absolute Gasteiger partial charge is 0.124 e. The van der Waals surface area contributed by atoms with Crippen LogP contribution in [-0.4, -0.2) is 11.1 Å². The molecule has 4 heteroatoms. The lowest BCUT2D eigenvalue weighted by atomic mass is 10.0. The monoisotopic (exact) mass is 320 g/mol. The highest BCUT2D eigenvalue weighted by Crippen LogP contribution is 2.31. The Morgan fingerprint density at radius 2 is 1.89 bits per heavy atom. The molecule has 1 unspecified atom stereocenters. The zero-order valence-electron chi connectivity index (χ0n) is 11.0. The molecule has 0 saturated heterocycles. The van der Waals surface area contributed by atoms with Gasteiger partial charge in [-0.2, -0.15) is 0 Å². The van der Waals surface area contributed by atoms with Gasteiger partial charge in [-0.3, -0.25) is 4.98 Å². The molecular weight excluding hydrogens is 304 g/mol. The first-order chi connectivity index (χ1) is 9.09. The third-order valence-corrected chi connectivity index (χ3v) is 3.37. The SMILES string of the molecule is CC(C)Oc1ccccc1C(N)c1ncccc1Br. The van der Waals surface area contributed by atoms with Crippen LogP contribution in [0.4, 0.5) is 0 Å². The number of para-hydroxylation sites is 1. The summed E-state index contributed by atoms with van der Waals surface area (Å²) in [7, 11) is 0. The van der Waals surface area contributed by atoms with Gasteiger partial charge in [0, 0.05) is 16.2 Å². The summed E-state index contributed by atoms with van der Waals surface area (Å²) in [6.07, 6.45) is 1.85. The molecule has 0 radical (unpaired) electrons. The Balaban J connectivity index is 2.39. The summed E-state index contributed by atoms with van der Waals surface area (Å²) in [5.74, 6) is 0.808. The van der Waals surface area contributed by atoms with Crippen LogP contribution in [0.1, 0.15) is 31.1 Å². The number of ether oxygens (including phenoxy) is 1. The molecule has 1 atom stereocenters. The van der Waals surface area contributed by atoms with E-state index in [-0.39, 0.29) is 12.1 Å². The summed E-state index contributed by atoms with van der Waals surface area (Å²) < 4.78 is 6.71. The lowest BCUT2D eigenvalue weighted by Gasteiger charge is -2.19. The summed E-state index contributed by atoms with van der Waals surface area (Å²) in [6.45, 7) is 4.00. The summed E-state index contributed by atoms with van der Waals surface area (Å²) >= 11 is 3.49. The van der Waals surface area contributed by atoms with Crippen molar-refractivity contribution in [1.82, 2.24) is 4.98 Å². The molecule has 2 rings (SSSR count). The number of benzene rings is 1. The Morgan fingerprint density at radius 3 is 2.58 bits per heavy atom. The van der Waals surface area contributed by atoms with E-state index < -0.39 is 0 Å². The Hall–Kier alpha value is -1.39.